The van der Waals surface area contributed by atoms with Gasteiger partial charge in [0.1, 0.15) is 0 Å². The van der Waals surface area contributed by atoms with Gasteiger partial charge in [-0.1, -0.05) is 53.4 Å². The van der Waals surface area contributed by atoms with Crippen LogP contribution in [0.4, 0.5) is 0 Å². The highest BCUT2D eigenvalue weighted by molar-refractivity contribution is 7.84. The van der Waals surface area contributed by atoms with Crippen LogP contribution in [0, 0.1) is 0 Å². The molecule has 0 atom stereocenters. The van der Waals surface area contributed by atoms with Crippen LogP contribution in [-0.4, -0.2) is 49.9 Å². The quantitative estimate of drug-likeness (QED) is 0.397. The van der Waals surface area contributed by atoms with Crippen LogP contribution in [0.3, 0.4) is 0 Å². The molecule has 4 nitrogen and oxygen atoms in total. The first-order valence-corrected chi connectivity index (χ1v) is 10.8. The summed E-state index contributed by atoms with van der Waals surface area (Å²) in [6, 6.07) is 0. The summed E-state index contributed by atoms with van der Waals surface area (Å²) in [5, 5.41) is 0. The van der Waals surface area contributed by atoms with Crippen LogP contribution in [0.5, 0.6) is 0 Å². The van der Waals surface area contributed by atoms with E-state index >= 15 is 0 Å². The summed E-state index contributed by atoms with van der Waals surface area (Å²) in [5.41, 5.74) is 0. The van der Waals surface area contributed by atoms with Crippen molar-refractivity contribution in [2.24, 2.45) is 0 Å². The van der Waals surface area contributed by atoms with Crippen molar-refractivity contribution in [1.82, 2.24) is 0 Å². The van der Waals surface area contributed by atoms with Crippen molar-refractivity contribution in [3.05, 3.63) is 0 Å². The molecule has 0 aliphatic carbocycles. The molecule has 136 valence electrons. The Balaban J connectivity index is 0. The summed E-state index contributed by atoms with van der Waals surface area (Å²) >= 11 is 0. The number of unbranched alkanes of at least 4 members (excludes halogenated alkanes) is 4. The lowest BCUT2D eigenvalue weighted by Gasteiger charge is -2.39. The summed E-state index contributed by atoms with van der Waals surface area (Å²) in [6.07, 6.45) is 11.7. The molecule has 0 bridgehead atoms. The Labute approximate surface area is 139 Å². The first-order chi connectivity index (χ1) is 10.2. The van der Waals surface area contributed by atoms with Crippen LogP contribution < -0.4 is 0 Å². The van der Waals surface area contributed by atoms with E-state index in [0.29, 0.717) is 6.26 Å². The van der Waals surface area contributed by atoms with Crippen molar-refractivity contribution < 1.29 is 17.5 Å². The molecule has 0 saturated carbocycles. The van der Waals surface area contributed by atoms with E-state index in [4.69, 9.17) is 13.0 Å². The lowest BCUT2D eigenvalue weighted by molar-refractivity contribution is -0.929. The third-order valence-electron chi connectivity index (χ3n) is 3.94. The highest BCUT2D eigenvalue weighted by atomic mass is 32.2. The van der Waals surface area contributed by atoms with Gasteiger partial charge in [0.05, 0.1) is 36.3 Å². The van der Waals surface area contributed by atoms with Gasteiger partial charge in [0, 0.05) is 6.26 Å². The molecule has 0 unspecified atom stereocenters. The average molecular weight is 338 g/mol. The molecule has 0 aliphatic rings. The van der Waals surface area contributed by atoms with E-state index < -0.39 is 10.1 Å². The Bertz CT molecular complexity index is 283. The van der Waals surface area contributed by atoms with Gasteiger partial charge in [-0.05, 0) is 25.7 Å². The highest BCUT2D eigenvalue weighted by Gasteiger charge is 2.24. The van der Waals surface area contributed by atoms with E-state index in [9.17, 15) is 0 Å². The maximum Gasteiger partial charge on any atom is 0.0916 e. The van der Waals surface area contributed by atoms with Crippen molar-refractivity contribution in [2.75, 3.05) is 32.4 Å². The molecule has 22 heavy (non-hydrogen) atoms. The molecule has 0 fully saturated rings. The molecule has 0 N–H and O–H groups in total. The Hall–Kier alpha value is -0.130. The number of rotatable bonds is 12. The fourth-order valence-corrected chi connectivity index (χ4v) is 2.64. The Morgan fingerprint density at radius 3 is 1.00 bits per heavy atom. The van der Waals surface area contributed by atoms with Gasteiger partial charge in [-0.15, -0.1) is 0 Å². The van der Waals surface area contributed by atoms with E-state index in [-0.39, 0.29) is 0 Å². The smallest absolute Gasteiger partial charge is 0.0916 e. The van der Waals surface area contributed by atoms with E-state index in [1.165, 1.54) is 82.0 Å². The van der Waals surface area contributed by atoms with Crippen LogP contribution in [0.1, 0.15) is 79.1 Å². The van der Waals surface area contributed by atoms with Gasteiger partial charge in [0.2, 0.25) is 0 Å². The number of hydrogen-bond acceptors (Lipinski definition) is 3. The monoisotopic (exact) mass is 337 g/mol. The first kappa shape index (κ1) is 24.1. The molecule has 0 saturated heterocycles. The number of quaternary nitrogens is 1. The summed E-state index contributed by atoms with van der Waals surface area (Å²) in [7, 11) is -3.92. The predicted molar refractivity (Wildman–Crippen MR) is 95.0 cm³/mol. The lowest BCUT2D eigenvalue weighted by atomic mass is 10.1. The van der Waals surface area contributed by atoms with Gasteiger partial charge in [0.25, 0.3) is 0 Å². The van der Waals surface area contributed by atoms with E-state index in [0.717, 1.165) is 0 Å². The molecule has 0 spiro atoms. The third kappa shape index (κ3) is 17.9. The summed E-state index contributed by atoms with van der Waals surface area (Å²) in [4.78, 5) is 0. The van der Waals surface area contributed by atoms with Crippen LogP contribution in [0.2, 0.25) is 0 Å². The average Bonchev–Trinajstić information content (AvgIpc) is 2.44. The van der Waals surface area contributed by atoms with Gasteiger partial charge in [0.15, 0.2) is 0 Å². The molecule has 0 aromatic heterocycles. The molecule has 5 heteroatoms. The van der Waals surface area contributed by atoms with Crippen molar-refractivity contribution >= 4 is 10.1 Å². The lowest BCUT2D eigenvalue weighted by Crippen LogP contribution is -2.50. The Kier molecular flexibility index (Phi) is 15.9. The van der Waals surface area contributed by atoms with Crippen LogP contribution in [-0.2, 0) is 10.1 Å². The molecule has 0 aromatic rings. The molecule has 0 radical (unpaired) electrons. The van der Waals surface area contributed by atoms with Gasteiger partial charge in [-0.3, -0.25) is 0 Å². The standard InChI is InChI=1S/C16H36N.CH4O3S/c1-5-9-13-17(14-10-6-2,15-11-7-3)16-12-8-4;1-5(2,3)4/h5-16H2,1-4H3;1H3,(H,2,3,4)/q+1;/p-1. The normalized spacial score (nSPS) is 11.9. The second-order valence-corrected chi connectivity index (χ2v) is 7.76. The third-order valence-corrected chi connectivity index (χ3v) is 3.94. The van der Waals surface area contributed by atoms with Crippen molar-refractivity contribution in [3.63, 3.8) is 0 Å². The second-order valence-electron chi connectivity index (χ2n) is 6.35. The molecular weight excluding hydrogens is 298 g/mol. The number of nitrogens with zero attached hydrogens (tertiary/aromatic N) is 1. The van der Waals surface area contributed by atoms with Crippen molar-refractivity contribution in [1.29, 1.82) is 0 Å². The Morgan fingerprint density at radius 1 is 0.682 bits per heavy atom. The van der Waals surface area contributed by atoms with Crippen molar-refractivity contribution in [2.45, 2.75) is 79.1 Å². The van der Waals surface area contributed by atoms with Crippen LogP contribution >= 0.6 is 0 Å². The topological polar surface area (TPSA) is 57.2 Å². The van der Waals surface area contributed by atoms with Crippen LogP contribution in [0.25, 0.3) is 0 Å². The maximum absolute atomic E-state index is 9.08. The SMILES string of the molecule is CCCC[N+](CCCC)(CCCC)CCCC.CS(=O)(=O)[O-]. The highest BCUT2D eigenvalue weighted by Crippen LogP contribution is 2.16. The summed E-state index contributed by atoms with van der Waals surface area (Å²) in [6.45, 7) is 15.0. The fourth-order valence-electron chi connectivity index (χ4n) is 2.64. The second kappa shape index (κ2) is 14.5. The molecule has 0 rings (SSSR count). The molecular formula is C17H39NO3S. The summed E-state index contributed by atoms with van der Waals surface area (Å²) in [5.74, 6) is 0. The molecule has 0 aliphatic heterocycles. The van der Waals surface area contributed by atoms with Gasteiger partial charge < -0.3 is 9.04 Å². The largest absolute Gasteiger partial charge is 0.748 e. The minimum atomic E-state index is -3.92. The summed E-state index contributed by atoms with van der Waals surface area (Å²) < 4.78 is 28.6. The zero-order valence-electron chi connectivity index (χ0n) is 15.6. The first-order valence-electron chi connectivity index (χ1n) is 9.00. The molecule has 0 heterocycles. The minimum Gasteiger partial charge on any atom is -0.748 e. The van der Waals surface area contributed by atoms with Crippen LogP contribution in [0.15, 0.2) is 0 Å². The Morgan fingerprint density at radius 2 is 0.864 bits per heavy atom. The van der Waals surface area contributed by atoms with Gasteiger partial charge in [-0.2, -0.15) is 0 Å². The van der Waals surface area contributed by atoms with Gasteiger partial charge in [-0.25, -0.2) is 8.42 Å². The zero-order chi connectivity index (χ0) is 17.5. The zero-order valence-corrected chi connectivity index (χ0v) is 16.4. The number of hydrogen-bond donors (Lipinski definition) is 0. The van der Waals surface area contributed by atoms with E-state index in [1.807, 2.05) is 0 Å². The maximum atomic E-state index is 9.08. The van der Waals surface area contributed by atoms with E-state index in [1.54, 1.807) is 0 Å². The molecule has 0 amide bonds. The predicted octanol–water partition coefficient (Wildman–Crippen LogP) is 4.17. The van der Waals surface area contributed by atoms with E-state index in [2.05, 4.69) is 27.7 Å². The van der Waals surface area contributed by atoms with Gasteiger partial charge >= 0.3 is 0 Å². The molecule has 0 aromatic carbocycles. The minimum absolute atomic E-state index is 0.604. The fraction of sp³-hybridized carbons (Fsp3) is 1.00. The van der Waals surface area contributed by atoms with Crippen molar-refractivity contribution in [3.8, 4) is 0 Å².